The van der Waals surface area contributed by atoms with E-state index in [1.165, 1.54) is 6.20 Å². The van der Waals surface area contributed by atoms with Crippen molar-refractivity contribution in [2.75, 3.05) is 5.32 Å². The van der Waals surface area contributed by atoms with Crippen LogP contribution in [0, 0.1) is 0 Å². The molecule has 1 N–H and O–H groups in total. The molecule has 1 amide bonds. The van der Waals surface area contributed by atoms with Crippen molar-refractivity contribution >= 4 is 34.9 Å². The number of benzene rings is 2. The van der Waals surface area contributed by atoms with Crippen molar-refractivity contribution in [3.63, 3.8) is 0 Å². The first-order valence-electron chi connectivity index (χ1n) is 7.50. The van der Waals surface area contributed by atoms with Gasteiger partial charge in [-0.1, -0.05) is 35.3 Å². The number of hydrogen-bond acceptors (Lipinski definition) is 3. The Hall–Kier alpha value is -2.56. The van der Waals surface area contributed by atoms with E-state index in [1.54, 1.807) is 36.4 Å². The average Bonchev–Trinajstić information content (AvgIpc) is 2.63. The van der Waals surface area contributed by atoms with Gasteiger partial charge in [0.2, 0.25) is 0 Å². The molecule has 0 aliphatic carbocycles. The normalized spacial score (nSPS) is 10.3. The van der Waals surface area contributed by atoms with Crippen molar-refractivity contribution in [1.82, 2.24) is 4.98 Å². The topological polar surface area (TPSA) is 51.2 Å². The maximum Gasteiger partial charge on any atom is 0.256 e. The fraction of sp³-hybridized carbons (Fsp3) is 0.0526. The summed E-state index contributed by atoms with van der Waals surface area (Å²) in [4.78, 5) is 16.2. The molecular formula is C19H14Cl2N2O2. The van der Waals surface area contributed by atoms with E-state index in [9.17, 15) is 4.79 Å². The first kappa shape index (κ1) is 17.3. The SMILES string of the molecule is O=C(Nc1ccc(Cl)cn1)c1ccc(COc2ccc(Cl)cc2)cc1. The van der Waals surface area contributed by atoms with Crippen LogP contribution in [-0.4, -0.2) is 10.9 Å². The van der Waals surface area contributed by atoms with Crippen LogP contribution in [0.2, 0.25) is 10.0 Å². The van der Waals surface area contributed by atoms with Crippen molar-refractivity contribution in [3.8, 4) is 5.75 Å². The number of carbonyl (C=O) groups excluding carboxylic acids is 1. The summed E-state index contributed by atoms with van der Waals surface area (Å²) < 4.78 is 5.67. The van der Waals surface area contributed by atoms with Crippen molar-refractivity contribution in [2.24, 2.45) is 0 Å². The van der Waals surface area contributed by atoms with Crippen LogP contribution >= 0.6 is 23.2 Å². The van der Waals surface area contributed by atoms with Crippen LogP contribution in [0.1, 0.15) is 15.9 Å². The standard InChI is InChI=1S/C19H14Cl2N2O2/c20-15-5-8-17(9-6-15)25-12-13-1-3-14(4-2-13)19(24)23-18-10-7-16(21)11-22-18/h1-11H,12H2,(H,22,23,24). The summed E-state index contributed by atoms with van der Waals surface area (Å²) in [5.41, 5.74) is 1.49. The zero-order valence-corrected chi connectivity index (χ0v) is 14.6. The molecule has 0 atom stereocenters. The first-order chi connectivity index (χ1) is 12.1. The molecule has 1 aromatic heterocycles. The fourth-order valence-corrected chi connectivity index (χ4v) is 2.33. The first-order valence-corrected chi connectivity index (χ1v) is 8.26. The number of halogens is 2. The molecule has 0 fully saturated rings. The lowest BCUT2D eigenvalue weighted by atomic mass is 10.1. The molecule has 0 aliphatic rings. The molecule has 3 rings (SSSR count). The Balaban J connectivity index is 1.58. The molecule has 0 saturated carbocycles. The second-order valence-electron chi connectivity index (χ2n) is 5.26. The molecule has 0 saturated heterocycles. The Morgan fingerprint density at radius 2 is 1.60 bits per heavy atom. The highest BCUT2D eigenvalue weighted by Crippen LogP contribution is 2.17. The van der Waals surface area contributed by atoms with Gasteiger partial charge in [0.15, 0.2) is 0 Å². The number of amides is 1. The fourth-order valence-electron chi connectivity index (χ4n) is 2.09. The van der Waals surface area contributed by atoms with Crippen LogP contribution in [0.25, 0.3) is 0 Å². The molecule has 4 nitrogen and oxygen atoms in total. The van der Waals surface area contributed by atoms with E-state index >= 15 is 0 Å². The van der Waals surface area contributed by atoms with E-state index in [4.69, 9.17) is 27.9 Å². The maximum atomic E-state index is 12.2. The van der Waals surface area contributed by atoms with Gasteiger partial charge < -0.3 is 10.1 Å². The lowest BCUT2D eigenvalue weighted by Crippen LogP contribution is -2.12. The third-order valence-electron chi connectivity index (χ3n) is 3.40. The summed E-state index contributed by atoms with van der Waals surface area (Å²) in [6.07, 6.45) is 1.48. The highest BCUT2D eigenvalue weighted by Gasteiger charge is 2.07. The van der Waals surface area contributed by atoms with E-state index in [0.717, 1.165) is 11.3 Å². The second-order valence-corrected chi connectivity index (χ2v) is 6.13. The molecule has 0 radical (unpaired) electrons. The minimum atomic E-state index is -0.236. The highest BCUT2D eigenvalue weighted by molar-refractivity contribution is 6.30. The number of anilines is 1. The number of pyridine rings is 1. The molecule has 3 aromatic rings. The third kappa shape index (κ3) is 4.95. The Kier molecular flexibility index (Phi) is 5.53. The third-order valence-corrected chi connectivity index (χ3v) is 3.88. The van der Waals surface area contributed by atoms with E-state index in [2.05, 4.69) is 10.3 Å². The molecule has 0 spiro atoms. The predicted molar refractivity (Wildman–Crippen MR) is 99.4 cm³/mol. The Morgan fingerprint density at radius 1 is 0.920 bits per heavy atom. The molecule has 25 heavy (non-hydrogen) atoms. The largest absolute Gasteiger partial charge is 0.489 e. The van der Waals surface area contributed by atoms with Crippen LogP contribution in [0.3, 0.4) is 0 Å². The van der Waals surface area contributed by atoms with Gasteiger partial charge in [0.1, 0.15) is 18.2 Å². The Morgan fingerprint density at radius 3 is 2.24 bits per heavy atom. The van der Waals surface area contributed by atoms with E-state index in [-0.39, 0.29) is 5.91 Å². The van der Waals surface area contributed by atoms with Crippen LogP contribution in [0.4, 0.5) is 5.82 Å². The number of ether oxygens (including phenoxy) is 1. The minimum absolute atomic E-state index is 0.236. The van der Waals surface area contributed by atoms with Gasteiger partial charge >= 0.3 is 0 Å². The summed E-state index contributed by atoms with van der Waals surface area (Å²) >= 11 is 11.6. The zero-order valence-electron chi connectivity index (χ0n) is 13.1. The maximum absolute atomic E-state index is 12.2. The summed E-state index contributed by atoms with van der Waals surface area (Å²) in [7, 11) is 0. The molecule has 1 heterocycles. The molecule has 0 unspecified atom stereocenters. The molecule has 126 valence electrons. The number of carbonyl (C=O) groups is 1. The number of rotatable bonds is 5. The smallest absolute Gasteiger partial charge is 0.256 e. The number of aromatic nitrogens is 1. The van der Waals surface area contributed by atoms with Crippen LogP contribution < -0.4 is 10.1 Å². The summed E-state index contributed by atoms with van der Waals surface area (Å²) in [6, 6.07) is 17.7. The van der Waals surface area contributed by atoms with Crippen LogP contribution in [-0.2, 0) is 6.61 Å². The van der Waals surface area contributed by atoms with Gasteiger partial charge in [0.25, 0.3) is 5.91 Å². The molecule has 0 aliphatic heterocycles. The summed E-state index contributed by atoms with van der Waals surface area (Å²) in [6.45, 7) is 0.405. The lowest BCUT2D eigenvalue weighted by molar-refractivity contribution is 0.102. The number of nitrogens with zero attached hydrogens (tertiary/aromatic N) is 1. The lowest BCUT2D eigenvalue weighted by Gasteiger charge is -2.08. The van der Waals surface area contributed by atoms with Gasteiger partial charge in [-0.05, 0) is 54.1 Å². The average molecular weight is 373 g/mol. The molecule has 6 heteroatoms. The van der Waals surface area contributed by atoms with E-state index in [0.29, 0.717) is 28.0 Å². The van der Waals surface area contributed by atoms with Crippen LogP contribution in [0.5, 0.6) is 5.75 Å². The van der Waals surface area contributed by atoms with Crippen LogP contribution in [0.15, 0.2) is 66.9 Å². The quantitative estimate of drug-likeness (QED) is 0.667. The number of hydrogen-bond donors (Lipinski definition) is 1. The minimum Gasteiger partial charge on any atom is -0.489 e. The predicted octanol–water partition coefficient (Wildman–Crippen LogP) is 5.22. The van der Waals surface area contributed by atoms with Gasteiger partial charge in [-0.2, -0.15) is 0 Å². The summed E-state index contributed by atoms with van der Waals surface area (Å²) in [5, 5.41) is 3.90. The van der Waals surface area contributed by atoms with Gasteiger partial charge in [0.05, 0.1) is 5.02 Å². The van der Waals surface area contributed by atoms with Crippen molar-refractivity contribution in [1.29, 1.82) is 0 Å². The van der Waals surface area contributed by atoms with Gasteiger partial charge in [-0.25, -0.2) is 4.98 Å². The van der Waals surface area contributed by atoms with Crippen molar-refractivity contribution in [3.05, 3.63) is 88.0 Å². The second kappa shape index (κ2) is 8.01. The monoisotopic (exact) mass is 372 g/mol. The Bertz CT molecular complexity index is 848. The Labute approximate surface area is 155 Å². The molecular weight excluding hydrogens is 359 g/mol. The van der Waals surface area contributed by atoms with Crippen molar-refractivity contribution < 1.29 is 9.53 Å². The van der Waals surface area contributed by atoms with Gasteiger partial charge in [-0.3, -0.25) is 4.79 Å². The van der Waals surface area contributed by atoms with Gasteiger partial charge in [-0.15, -0.1) is 0 Å². The zero-order chi connectivity index (χ0) is 17.6. The summed E-state index contributed by atoms with van der Waals surface area (Å²) in [5.74, 6) is 0.949. The van der Waals surface area contributed by atoms with E-state index < -0.39 is 0 Å². The van der Waals surface area contributed by atoms with E-state index in [1.807, 2.05) is 24.3 Å². The van der Waals surface area contributed by atoms with Crippen molar-refractivity contribution in [2.45, 2.75) is 6.61 Å². The van der Waals surface area contributed by atoms with Gasteiger partial charge in [0, 0.05) is 16.8 Å². The molecule has 0 bridgehead atoms. The highest BCUT2D eigenvalue weighted by atomic mass is 35.5. The molecule has 2 aromatic carbocycles. The number of nitrogens with one attached hydrogen (secondary N) is 1.